The standard InChI is InChI=1S/C17H13ClN4S/c18-13-7-5-12(6-8-13)11-20-16-14-3-1-2-4-15(14)21-17(22-16)23-10-9-19/h1-8H,10-11H2,(H,20,21,22). The smallest absolute Gasteiger partial charge is 0.191 e. The summed E-state index contributed by atoms with van der Waals surface area (Å²) < 4.78 is 0. The van der Waals surface area contributed by atoms with Gasteiger partial charge in [-0.2, -0.15) is 5.26 Å². The number of thioether (sulfide) groups is 1. The van der Waals surface area contributed by atoms with Crippen LogP contribution in [0.25, 0.3) is 10.9 Å². The van der Waals surface area contributed by atoms with E-state index in [1.807, 2.05) is 48.5 Å². The van der Waals surface area contributed by atoms with Gasteiger partial charge in [-0.25, -0.2) is 9.97 Å². The maximum atomic E-state index is 8.73. The third-order valence-corrected chi connectivity index (χ3v) is 4.19. The zero-order valence-corrected chi connectivity index (χ0v) is 13.7. The Kier molecular flexibility index (Phi) is 4.96. The van der Waals surface area contributed by atoms with E-state index in [1.54, 1.807) is 0 Å². The minimum absolute atomic E-state index is 0.328. The third kappa shape index (κ3) is 3.92. The number of aromatic nitrogens is 2. The molecule has 1 N–H and O–H groups in total. The number of hydrogen-bond donors (Lipinski definition) is 1. The molecule has 0 radical (unpaired) electrons. The lowest BCUT2D eigenvalue weighted by Crippen LogP contribution is -2.04. The number of nitriles is 1. The van der Waals surface area contributed by atoms with Gasteiger partial charge in [0.15, 0.2) is 5.16 Å². The summed E-state index contributed by atoms with van der Waals surface area (Å²) in [7, 11) is 0. The largest absolute Gasteiger partial charge is 0.365 e. The molecule has 0 aliphatic heterocycles. The first-order chi connectivity index (χ1) is 11.3. The highest BCUT2D eigenvalue weighted by Crippen LogP contribution is 2.24. The number of rotatable bonds is 5. The zero-order valence-electron chi connectivity index (χ0n) is 12.2. The molecule has 0 atom stereocenters. The first-order valence-corrected chi connectivity index (χ1v) is 8.37. The Morgan fingerprint density at radius 1 is 1.09 bits per heavy atom. The van der Waals surface area contributed by atoms with Crippen molar-refractivity contribution in [2.75, 3.05) is 11.1 Å². The second-order valence-corrected chi connectivity index (χ2v) is 6.18. The number of nitrogens with one attached hydrogen (secondary N) is 1. The number of halogens is 1. The molecule has 1 heterocycles. The van der Waals surface area contributed by atoms with Gasteiger partial charge in [-0.05, 0) is 29.8 Å². The molecule has 0 saturated carbocycles. The maximum absolute atomic E-state index is 8.73. The minimum atomic E-state index is 0.328. The van der Waals surface area contributed by atoms with E-state index >= 15 is 0 Å². The lowest BCUT2D eigenvalue weighted by Gasteiger charge is -2.10. The molecule has 6 heteroatoms. The topological polar surface area (TPSA) is 61.6 Å². The van der Waals surface area contributed by atoms with E-state index in [0.29, 0.717) is 17.5 Å². The third-order valence-electron chi connectivity index (χ3n) is 3.22. The average Bonchev–Trinajstić information content (AvgIpc) is 2.59. The van der Waals surface area contributed by atoms with Crippen molar-refractivity contribution in [1.29, 1.82) is 5.26 Å². The maximum Gasteiger partial charge on any atom is 0.191 e. The number of anilines is 1. The molecular weight excluding hydrogens is 328 g/mol. The van der Waals surface area contributed by atoms with E-state index in [2.05, 4.69) is 21.4 Å². The number of para-hydroxylation sites is 1. The van der Waals surface area contributed by atoms with Crippen LogP contribution in [0.4, 0.5) is 5.82 Å². The Bertz CT molecular complexity index is 859. The molecule has 114 valence electrons. The highest BCUT2D eigenvalue weighted by atomic mass is 35.5. The molecule has 1 aromatic heterocycles. The fraction of sp³-hybridized carbons (Fsp3) is 0.118. The summed E-state index contributed by atoms with van der Waals surface area (Å²) in [6.07, 6.45) is 0. The van der Waals surface area contributed by atoms with E-state index in [-0.39, 0.29) is 0 Å². The van der Waals surface area contributed by atoms with Crippen molar-refractivity contribution in [2.45, 2.75) is 11.7 Å². The lowest BCUT2D eigenvalue weighted by atomic mass is 10.2. The molecule has 0 unspecified atom stereocenters. The number of hydrogen-bond acceptors (Lipinski definition) is 5. The van der Waals surface area contributed by atoms with Crippen molar-refractivity contribution < 1.29 is 0 Å². The Labute approximate surface area is 143 Å². The zero-order chi connectivity index (χ0) is 16.1. The number of benzene rings is 2. The molecular formula is C17H13ClN4S. The van der Waals surface area contributed by atoms with Crippen LogP contribution in [-0.4, -0.2) is 15.7 Å². The van der Waals surface area contributed by atoms with Gasteiger partial charge in [-0.1, -0.05) is 47.6 Å². The fourth-order valence-corrected chi connectivity index (χ4v) is 2.78. The van der Waals surface area contributed by atoms with Gasteiger partial charge in [0.1, 0.15) is 5.82 Å². The van der Waals surface area contributed by atoms with Gasteiger partial charge >= 0.3 is 0 Å². The highest BCUT2D eigenvalue weighted by molar-refractivity contribution is 7.99. The van der Waals surface area contributed by atoms with Gasteiger partial charge in [0.25, 0.3) is 0 Å². The Balaban J connectivity index is 1.88. The van der Waals surface area contributed by atoms with Gasteiger partial charge in [-0.15, -0.1) is 0 Å². The van der Waals surface area contributed by atoms with Crippen molar-refractivity contribution in [1.82, 2.24) is 9.97 Å². The van der Waals surface area contributed by atoms with Crippen molar-refractivity contribution >= 4 is 40.1 Å². The molecule has 3 rings (SSSR count). The van der Waals surface area contributed by atoms with Crippen LogP contribution in [0.1, 0.15) is 5.56 Å². The van der Waals surface area contributed by atoms with Crippen LogP contribution in [0.5, 0.6) is 0 Å². The second kappa shape index (κ2) is 7.32. The van der Waals surface area contributed by atoms with Crippen LogP contribution >= 0.6 is 23.4 Å². The summed E-state index contributed by atoms with van der Waals surface area (Å²) in [5.41, 5.74) is 1.98. The van der Waals surface area contributed by atoms with E-state index in [0.717, 1.165) is 27.3 Å². The predicted molar refractivity (Wildman–Crippen MR) is 94.7 cm³/mol. The number of nitrogens with zero attached hydrogens (tertiary/aromatic N) is 3. The summed E-state index contributed by atoms with van der Waals surface area (Å²) >= 11 is 7.24. The quantitative estimate of drug-likeness (QED) is 0.547. The summed E-state index contributed by atoms with van der Waals surface area (Å²) in [6, 6.07) is 17.6. The van der Waals surface area contributed by atoms with Gasteiger partial charge in [0.2, 0.25) is 0 Å². The molecule has 0 spiro atoms. The van der Waals surface area contributed by atoms with Crippen LogP contribution in [0.15, 0.2) is 53.7 Å². The molecule has 0 saturated heterocycles. The average molecular weight is 341 g/mol. The molecule has 0 fully saturated rings. The van der Waals surface area contributed by atoms with Crippen LogP contribution in [0.3, 0.4) is 0 Å². The predicted octanol–water partition coefficient (Wildman–Crippen LogP) is 4.51. The molecule has 0 amide bonds. The first kappa shape index (κ1) is 15.6. The van der Waals surface area contributed by atoms with Crippen molar-refractivity contribution in [3.05, 3.63) is 59.1 Å². The van der Waals surface area contributed by atoms with Gasteiger partial charge < -0.3 is 5.32 Å². The van der Waals surface area contributed by atoms with Crippen molar-refractivity contribution in [2.24, 2.45) is 0 Å². The van der Waals surface area contributed by atoms with Gasteiger partial charge in [0, 0.05) is 17.0 Å². The summed E-state index contributed by atoms with van der Waals surface area (Å²) in [5.74, 6) is 1.10. The van der Waals surface area contributed by atoms with E-state index < -0.39 is 0 Å². The van der Waals surface area contributed by atoms with E-state index in [4.69, 9.17) is 16.9 Å². The Morgan fingerprint density at radius 3 is 2.65 bits per heavy atom. The normalized spacial score (nSPS) is 10.4. The fourth-order valence-electron chi connectivity index (χ4n) is 2.14. The van der Waals surface area contributed by atoms with E-state index in [1.165, 1.54) is 11.8 Å². The Hall–Kier alpha value is -2.29. The Morgan fingerprint density at radius 2 is 1.87 bits per heavy atom. The molecule has 4 nitrogen and oxygen atoms in total. The van der Waals surface area contributed by atoms with Gasteiger partial charge in [0.05, 0.1) is 17.3 Å². The minimum Gasteiger partial charge on any atom is -0.365 e. The first-order valence-electron chi connectivity index (χ1n) is 7.01. The monoisotopic (exact) mass is 340 g/mol. The van der Waals surface area contributed by atoms with E-state index in [9.17, 15) is 0 Å². The second-order valence-electron chi connectivity index (χ2n) is 4.80. The van der Waals surface area contributed by atoms with Crippen LogP contribution in [-0.2, 0) is 6.54 Å². The van der Waals surface area contributed by atoms with Crippen molar-refractivity contribution in [3.8, 4) is 6.07 Å². The van der Waals surface area contributed by atoms with Gasteiger partial charge in [-0.3, -0.25) is 0 Å². The molecule has 0 aliphatic carbocycles. The summed E-state index contributed by atoms with van der Waals surface area (Å²) in [4.78, 5) is 9.02. The molecule has 3 aromatic rings. The number of fused-ring (bicyclic) bond motifs is 1. The molecule has 2 aromatic carbocycles. The summed E-state index contributed by atoms with van der Waals surface area (Å²) in [6.45, 7) is 0.639. The van der Waals surface area contributed by atoms with Crippen LogP contribution in [0.2, 0.25) is 5.02 Å². The van der Waals surface area contributed by atoms with Crippen LogP contribution in [0, 0.1) is 11.3 Å². The SMILES string of the molecule is N#CCSc1nc(NCc2ccc(Cl)cc2)c2ccccc2n1. The lowest BCUT2D eigenvalue weighted by molar-refractivity contribution is 0.987. The highest BCUT2D eigenvalue weighted by Gasteiger charge is 2.08. The summed E-state index contributed by atoms with van der Waals surface area (Å²) in [5, 5.41) is 14.4. The van der Waals surface area contributed by atoms with Crippen LogP contribution < -0.4 is 5.32 Å². The molecule has 0 aliphatic rings. The molecule has 23 heavy (non-hydrogen) atoms. The molecule has 0 bridgehead atoms. The van der Waals surface area contributed by atoms with Crippen molar-refractivity contribution in [3.63, 3.8) is 0 Å².